The zero-order valence-electron chi connectivity index (χ0n) is 53.1. The van der Waals surface area contributed by atoms with E-state index in [1.807, 2.05) is 0 Å². The van der Waals surface area contributed by atoms with Crippen molar-refractivity contribution in [2.24, 2.45) is 0 Å². The maximum absolute atomic E-state index is 8.26. The van der Waals surface area contributed by atoms with E-state index in [1.54, 1.807) is 0 Å². The van der Waals surface area contributed by atoms with Crippen LogP contribution in [0.1, 0.15) is 312 Å². The molecule has 0 aliphatic carbocycles. The van der Waals surface area contributed by atoms with Gasteiger partial charge in [-0.3, -0.25) is 0 Å². The van der Waals surface area contributed by atoms with Crippen molar-refractivity contribution in [1.29, 1.82) is 0 Å². The monoisotopic (exact) mass is 1620 g/mol. The minimum atomic E-state index is 0. The van der Waals surface area contributed by atoms with Crippen LogP contribution in [0.2, 0.25) is 0 Å². The van der Waals surface area contributed by atoms with Crippen LogP contribution in [0.4, 0.5) is 0 Å². The van der Waals surface area contributed by atoms with Crippen molar-refractivity contribution >= 4 is 171 Å². The molecule has 0 aliphatic rings. The van der Waals surface area contributed by atoms with Crippen LogP contribution in [0.25, 0.3) is 0 Å². The first-order valence-electron chi connectivity index (χ1n) is 31.2. The van der Waals surface area contributed by atoms with Gasteiger partial charge in [0.25, 0.3) is 0 Å². The largest absolute Gasteiger partial charge is 2.00 e. The van der Waals surface area contributed by atoms with Gasteiger partial charge >= 0.3 is 69.5 Å². The summed E-state index contributed by atoms with van der Waals surface area (Å²) in [6.07, 6.45) is 52.6. The Hall–Kier alpha value is 3.30. The van der Waals surface area contributed by atoms with Crippen LogP contribution in [-0.4, -0.2) is 89.2 Å². The van der Waals surface area contributed by atoms with Crippen molar-refractivity contribution in [1.82, 2.24) is 19.6 Å². The Kier molecular flexibility index (Phi) is 138. The van der Waals surface area contributed by atoms with E-state index in [0.29, 0.717) is 76.6 Å². The molecule has 82 heavy (non-hydrogen) atoms. The predicted octanol–water partition coefficient (Wildman–Crippen LogP) is 19.9. The molecule has 0 N–H and O–H groups in total. The molecule has 488 valence electrons. The first kappa shape index (κ1) is 110. The topological polar surface area (TPSA) is 64.2 Å². The molecule has 0 amide bonds. The maximum atomic E-state index is 8.26. The molecule has 7 nitrogen and oxygen atoms in total. The second-order valence-electron chi connectivity index (χ2n) is 20.3. The third-order valence-electron chi connectivity index (χ3n) is 13.3. The second-order valence-corrected chi connectivity index (χ2v) is 24.5. The van der Waals surface area contributed by atoms with Crippen LogP contribution in [-0.2, 0) is 174 Å². The summed E-state index contributed by atoms with van der Waals surface area (Å²) in [6.45, 7) is 26.6. The summed E-state index contributed by atoms with van der Waals surface area (Å²) in [7, 11) is 0. The van der Waals surface area contributed by atoms with Crippen LogP contribution < -0.4 is 0 Å². The molecule has 0 saturated carbocycles. The molecule has 0 aromatic carbocycles. The zero-order valence-corrected chi connectivity index (χ0v) is 68.9. The minimum absolute atomic E-state index is 0. The summed E-state index contributed by atoms with van der Waals surface area (Å²) in [4.78, 5) is 8.90. The van der Waals surface area contributed by atoms with Gasteiger partial charge in [0.15, 0.2) is 0 Å². The smallest absolute Gasteiger partial charge is 2.00 e. The number of hydrogen-bond acceptors (Lipinski definition) is 11. The number of unbranched alkanes of at least 4 members (excludes halogenated alkanes) is 32. The van der Waals surface area contributed by atoms with Crippen LogP contribution in [0, 0.1) is 0 Å². The van der Waals surface area contributed by atoms with Gasteiger partial charge < -0.3 is 173 Å². The second kappa shape index (κ2) is 103. The molecule has 0 bridgehead atoms. The molecule has 0 unspecified atom stereocenters. The van der Waals surface area contributed by atoms with Crippen molar-refractivity contribution in [3.63, 3.8) is 0 Å². The van der Waals surface area contributed by atoms with E-state index in [9.17, 15) is 0 Å². The predicted molar refractivity (Wildman–Crippen MR) is 388 cm³/mol. The van der Waals surface area contributed by atoms with Crippen molar-refractivity contribution in [3.8, 4) is 0 Å². The molecule has 0 aromatic rings. The first-order valence-corrected chi connectivity index (χ1v) is 36.9. The molecule has 0 aromatic heterocycles. The van der Waals surface area contributed by atoms with Gasteiger partial charge in [0.05, 0.1) is 0 Å². The molecule has 0 spiro atoms. The summed E-state index contributed by atoms with van der Waals surface area (Å²) in [5.41, 5.74) is 0. The van der Waals surface area contributed by atoms with E-state index in [-0.39, 0.29) is 54.0 Å². The zero-order chi connectivity index (χ0) is 60.6. The van der Waals surface area contributed by atoms with Crippen LogP contribution in [0.15, 0.2) is 0 Å². The normalized spacial score (nSPS) is 9.49. The molecule has 0 fully saturated rings. The Morgan fingerprint density at radius 3 is 0.378 bits per heavy atom. The van der Waals surface area contributed by atoms with E-state index in [4.69, 9.17) is 110 Å². The van der Waals surface area contributed by atoms with E-state index in [0.717, 1.165) is 52.4 Å². The number of thiocarbonyl (C=S) groups is 4. The molecular formula is C60H120Mo3N4O3S12. The molecule has 22 heteroatoms. The summed E-state index contributed by atoms with van der Waals surface area (Å²) in [5.74, 6) is 0. The molecule has 0 radical (unpaired) electrons. The standard InChI is InChI=1S/4C15H31NS2.3Mo.3O.4S/c4*1-3-5-7-9-11-13-16(15(17)18)14-12-10-8-6-4-2;;;;;;;;;;/h4*3-14H2,1-2H3,(H,17,18);;;;;;;;;;/q;;;;3*+4;;;;4*-2/p-4. The van der Waals surface area contributed by atoms with Crippen molar-refractivity contribution in [2.75, 3.05) is 52.4 Å². The Balaban J connectivity index is -0.0000000868. The number of rotatable bonds is 48. The maximum Gasteiger partial charge on any atom is -2.00 e. The van der Waals surface area contributed by atoms with Gasteiger partial charge in [0.2, 0.25) is 0 Å². The van der Waals surface area contributed by atoms with Crippen molar-refractivity contribution < 1.29 is 69.5 Å². The molecule has 0 rings (SSSR count). The van der Waals surface area contributed by atoms with E-state index in [2.05, 4.69) is 75.0 Å². The quantitative estimate of drug-likeness (QED) is 0.0251. The van der Waals surface area contributed by atoms with Gasteiger partial charge in [0.1, 0.15) is 0 Å². The fourth-order valence-corrected chi connectivity index (χ4v) is 9.89. The summed E-state index contributed by atoms with van der Waals surface area (Å²) >= 11 is 43.4. The Labute approximate surface area is 617 Å². The Morgan fingerprint density at radius 1 is 0.220 bits per heavy atom. The van der Waals surface area contributed by atoms with Gasteiger partial charge in [-0.05, 0) is 51.4 Å². The van der Waals surface area contributed by atoms with Crippen LogP contribution in [0.5, 0.6) is 0 Å². The van der Waals surface area contributed by atoms with Crippen molar-refractivity contribution in [2.45, 2.75) is 312 Å². The van der Waals surface area contributed by atoms with E-state index < -0.39 is 0 Å². The minimum Gasteiger partial charge on any atom is -2.00 e. The summed E-state index contributed by atoms with van der Waals surface area (Å²) in [5, 5.41) is 0. The average molecular weight is 1620 g/mol. The fraction of sp³-hybridized carbons (Fsp3) is 0.933. The Morgan fingerprint density at radius 2 is 0.305 bits per heavy atom. The molecule has 0 saturated heterocycles. The van der Waals surface area contributed by atoms with E-state index >= 15 is 0 Å². The molecule has 0 heterocycles. The molecule has 0 aliphatic heterocycles. The fourth-order valence-electron chi connectivity index (χ4n) is 8.43. The third-order valence-corrected chi connectivity index (χ3v) is 15.4. The molecule has 0 atom stereocenters. The number of nitrogens with zero attached hydrogens (tertiary/aromatic N) is 4. The van der Waals surface area contributed by atoms with Crippen LogP contribution >= 0.6 is 48.9 Å². The third kappa shape index (κ3) is 99.5. The van der Waals surface area contributed by atoms with Gasteiger partial charge in [-0.2, -0.15) is 0 Å². The van der Waals surface area contributed by atoms with Crippen molar-refractivity contribution in [3.05, 3.63) is 0 Å². The average Bonchev–Trinajstić information content (AvgIpc) is 3.44. The van der Waals surface area contributed by atoms with Gasteiger partial charge in [-0.15, -0.1) is 0 Å². The Bertz CT molecular complexity index is 983. The SMILES string of the molecule is CCCCCCCN(CCCCCCC)C(=S)[S-].CCCCCCCN(CCCCCCC)C(=S)[S-].CCCCCCCN(CCCCCCC)C(=S)[S-].CCCCCCCN(CCCCCCC)C(=S)[S-].[O]=[Mo+4].[O]=[Mo+4].[O]=[Mo+4].[S-2].[S-2].[S-2].[S-2]. The van der Waals surface area contributed by atoms with Crippen LogP contribution in [0.3, 0.4) is 0 Å². The van der Waals surface area contributed by atoms with E-state index in [1.165, 1.54) is 257 Å². The number of hydrogen-bond donors (Lipinski definition) is 0. The van der Waals surface area contributed by atoms with Gasteiger partial charge in [-0.1, -0.05) is 278 Å². The van der Waals surface area contributed by atoms with Gasteiger partial charge in [0, 0.05) is 52.4 Å². The van der Waals surface area contributed by atoms with Gasteiger partial charge in [-0.25, -0.2) is 0 Å². The summed E-state index contributed by atoms with van der Waals surface area (Å²) < 4.78 is 27.5. The summed E-state index contributed by atoms with van der Waals surface area (Å²) in [6, 6.07) is 0. The molecular weight excluding hydrogens is 1500 g/mol. The first-order chi connectivity index (χ1) is 37.9.